The van der Waals surface area contributed by atoms with E-state index in [0.29, 0.717) is 5.56 Å². The zero-order chi connectivity index (χ0) is 11.4. The van der Waals surface area contributed by atoms with Crippen molar-refractivity contribution in [3.63, 3.8) is 0 Å². The average molecular weight is 219 g/mol. The van der Waals surface area contributed by atoms with E-state index in [1.807, 2.05) is 24.3 Å². The van der Waals surface area contributed by atoms with E-state index in [2.05, 4.69) is 5.32 Å². The summed E-state index contributed by atoms with van der Waals surface area (Å²) in [6.45, 7) is 0.932. The van der Waals surface area contributed by atoms with Crippen LogP contribution in [0.1, 0.15) is 35.2 Å². The predicted octanol–water partition coefficient (Wildman–Crippen LogP) is 2.07. The Balaban J connectivity index is 2.42. The van der Waals surface area contributed by atoms with Gasteiger partial charge in [0.2, 0.25) is 0 Å². The van der Waals surface area contributed by atoms with Gasteiger partial charge < -0.3 is 4.74 Å². The SMILES string of the molecule is CO[C@]1(c2ccccc2C=O)CCCCN1. The van der Waals surface area contributed by atoms with Crippen molar-refractivity contribution in [2.75, 3.05) is 13.7 Å². The fourth-order valence-corrected chi connectivity index (χ4v) is 2.36. The highest BCUT2D eigenvalue weighted by molar-refractivity contribution is 5.77. The highest BCUT2D eigenvalue weighted by Crippen LogP contribution is 2.32. The van der Waals surface area contributed by atoms with Crippen LogP contribution in [0, 0.1) is 0 Å². The number of piperidine rings is 1. The minimum absolute atomic E-state index is 0.476. The lowest BCUT2D eigenvalue weighted by Gasteiger charge is -2.38. The first-order valence-corrected chi connectivity index (χ1v) is 5.67. The number of nitrogens with one attached hydrogen (secondary N) is 1. The molecule has 0 aliphatic carbocycles. The van der Waals surface area contributed by atoms with E-state index >= 15 is 0 Å². The number of rotatable bonds is 3. The number of benzene rings is 1. The summed E-state index contributed by atoms with van der Waals surface area (Å²) in [5, 5.41) is 3.39. The van der Waals surface area contributed by atoms with Gasteiger partial charge in [-0.1, -0.05) is 24.3 Å². The minimum atomic E-state index is -0.476. The molecule has 1 atom stereocenters. The summed E-state index contributed by atoms with van der Waals surface area (Å²) < 4.78 is 5.64. The second-order valence-corrected chi connectivity index (χ2v) is 4.12. The number of carbonyl (C=O) groups is 1. The summed E-state index contributed by atoms with van der Waals surface area (Å²) in [6.07, 6.45) is 4.09. The smallest absolute Gasteiger partial charge is 0.150 e. The molecule has 1 heterocycles. The molecule has 1 fully saturated rings. The second-order valence-electron chi connectivity index (χ2n) is 4.12. The molecular weight excluding hydrogens is 202 g/mol. The Hall–Kier alpha value is -1.19. The predicted molar refractivity (Wildman–Crippen MR) is 62.4 cm³/mol. The lowest BCUT2D eigenvalue weighted by molar-refractivity contribution is -0.0651. The van der Waals surface area contributed by atoms with Crippen LogP contribution in [0.3, 0.4) is 0 Å². The van der Waals surface area contributed by atoms with Crippen molar-refractivity contribution in [1.29, 1.82) is 0 Å². The summed E-state index contributed by atoms with van der Waals surface area (Å²) in [4.78, 5) is 11.0. The Morgan fingerprint density at radius 3 is 2.81 bits per heavy atom. The van der Waals surface area contributed by atoms with Crippen LogP contribution in [0.25, 0.3) is 0 Å². The standard InChI is InChI=1S/C13H17NO2/c1-16-13(8-4-5-9-14-13)12-7-3-2-6-11(12)10-15/h2-3,6-7,10,14H,4-5,8-9H2,1H3/t13-/m0/s1. The molecule has 16 heavy (non-hydrogen) atoms. The highest BCUT2D eigenvalue weighted by Gasteiger charge is 2.34. The topological polar surface area (TPSA) is 38.3 Å². The first kappa shape index (κ1) is 11.3. The molecule has 1 aromatic rings. The summed E-state index contributed by atoms with van der Waals surface area (Å²) in [5.41, 5.74) is 1.18. The normalized spacial score (nSPS) is 25.3. The van der Waals surface area contributed by atoms with E-state index in [9.17, 15) is 4.79 Å². The number of ether oxygens (including phenoxy) is 1. The Kier molecular flexibility index (Phi) is 3.36. The largest absolute Gasteiger partial charge is 0.360 e. The van der Waals surface area contributed by atoms with Crippen molar-refractivity contribution in [1.82, 2.24) is 5.32 Å². The van der Waals surface area contributed by atoms with Crippen LogP contribution in [-0.2, 0) is 10.5 Å². The molecule has 1 saturated heterocycles. The van der Waals surface area contributed by atoms with Gasteiger partial charge in [-0.05, 0) is 25.8 Å². The van der Waals surface area contributed by atoms with Gasteiger partial charge in [-0.25, -0.2) is 0 Å². The molecule has 0 spiro atoms. The number of carbonyl (C=O) groups excluding carboxylic acids is 1. The van der Waals surface area contributed by atoms with Crippen molar-refractivity contribution < 1.29 is 9.53 Å². The molecular formula is C13H17NO2. The first-order chi connectivity index (χ1) is 7.82. The molecule has 0 unspecified atom stereocenters. The third-order valence-electron chi connectivity index (χ3n) is 3.24. The molecule has 1 aliphatic heterocycles. The summed E-state index contributed by atoms with van der Waals surface area (Å²) in [6, 6.07) is 7.61. The van der Waals surface area contributed by atoms with Crippen molar-refractivity contribution in [3.05, 3.63) is 35.4 Å². The summed E-state index contributed by atoms with van der Waals surface area (Å²) in [5.74, 6) is 0. The molecule has 0 radical (unpaired) electrons. The van der Waals surface area contributed by atoms with E-state index in [1.54, 1.807) is 7.11 Å². The molecule has 2 rings (SSSR count). The molecule has 1 aliphatic rings. The quantitative estimate of drug-likeness (QED) is 0.791. The fraction of sp³-hybridized carbons (Fsp3) is 0.462. The van der Waals surface area contributed by atoms with Gasteiger partial charge in [-0.15, -0.1) is 0 Å². The van der Waals surface area contributed by atoms with Gasteiger partial charge in [0.25, 0.3) is 0 Å². The maximum atomic E-state index is 11.0. The lowest BCUT2D eigenvalue weighted by Crippen LogP contribution is -2.47. The summed E-state index contributed by atoms with van der Waals surface area (Å²) in [7, 11) is 1.69. The third-order valence-corrected chi connectivity index (χ3v) is 3.24. The van der Waals surface area contributed by atoms with Gasteiger partial charge in [0, 0.05) is 18.2 Å². The van der Waals surface area contributed by atoms with Crippen molar-refractivity contribution in [2.45, 2.75) is 25.0 Å². The van der Waals surface area contributed by atoms with Gasteiger partial charge in [0.05, 0.1) is 0 Å². The molecule has 0 bridgehead atoms. The van der Waals surface area contributed by atoms with Crippen LogP contribution < -0.4 is 5.32 Å². The van der Waals surface area contributed by atoms with E-state index < -0.39 is 5.72 Å². The Bertz CT molecular complexity index is 370. The maximum absolute atomic E-state index is 11.0. The molecule has 1 aromatic carbocycles. The molecule has 0 saturated carbocycles. The van der Waals surface area contributed by atoms with Crippen molar-refractivity contribution >= 4 is 6.29 Å². The van der Waals surface area contributed by atoms with Gasteiger partial charge in [-0.3, -0.25) is 10.1 Å². The van der Waals surface area contributed by atoms with E-state index in [4.69, 9.17) is 4.74 Å². The van der Waals surface area contributed by atoms with Crippen LogP contribution in [-0.4, -0.2) is 19.9 Å². The summed E-state index contributed by atoms with van der Waals surface area (Å²) >= 11 is 0. The lowest BCUT2D eigenvalue weighted by atomic mass is 9.90. The van der Waals surface area contributed by atoms with Gasteiger partial charge >= 0.3 is 0 Å². The van der Waals surface area contributed by atoms with Gasteiger partial charge in [0.1, 0.15) is 12.0 Å². The Morgan fingerprint density at radius 1 is 1.38 bits per heavy atom. The third kappa shape index (κ3) is 1.88. The molecule has 0 aromatic heterocycles. The van der Waals surface area contributed by atoms with E-state index in [0.717, 1.165) is 37.7 Å². The second kappa shape index (κ2) is 4.76. The molecule has 3 nitrogen and oxygen atoms in total. The zero-order valence-electron chi connectivity index (χ0n) is 9.53. The molecule has 3 heteroatoms. The van der Waals surface area contributed by atoms with Crippen LogP contribution in [0.15, 0.2) is 24.3 Å². The Labute approximate surface area is 95.8 Å². The van der Waals surface area contributed by atoms with E-state index in [-0.39, 0.29) is 0 Å². The van der Waals surface area contributed by atoms with E-state index in [1.165, 1.54) is 0 Å². The minimum Gasteiger partial charge on any atom is -0.360 e. The molecule has 86 valence electrons. The first-order valence-electron chi connectivity index (χ1n) is 5.67. The van der Waals surface area contributed by atoms with Crippen LogP contribution in [0.4, 0.5) is 0 Å². The van der Waals surface area contributed by atoms with Gasteiger partial charge in [-0.2, -0.15) is 0 Å². The highest BCUT2D eigenvalue weighted by atomic mass is 16.5. The van der Waals surface area contributed by atoms with Crippen LogP contribution in [0.2, 0.25) is 0 Å². The molecule has 0 amide bonds. The number of hydrogen-bond donors (Lipinski definition) is 1. The van der Waals surface area contributed by atoms with Gasteiger partial charge in [0.15, 0.2) is 0 Å². The number of hydrogen-bond acceptors (Lipinski definition) is 3. The van der Waals surface area contributed by atoms with Crippen LogP contribution >= 0.6 is 0 Å². The monoisotopic (exact) mass is 219 g/mol. The van der Waals surface area contributed by atoms with Crippen molar-refractivity contribution in [3.8, 4) is 0 Å². The van der Waals surface area contributed by atoms with Crippen LogP contribution in [0.5, 0.6) is 0 Å². The zero-order valence-corrected chi connectivity index (χ0v) is 9.53. The maximum Gasteiger partial charge on any atom is 0.150 e. The average Bonchev–Trinajstić information content (AvgIpc) is 2.39. The number of aldehydes is 1. The fourth-order valence-electron chi connectivity index (χ4n) is 2.36. The Morgan fingerprint density at radius 2 is 2.19 bits per heavy atom. The van der Waals surface area contributed by atoms with Crippen molar-refractivity contribution in [2.24, 2.45) is 0 Å². The number of methoxy groups -OCH3 is 1. The molecule has 1 N–H and O–H groups in total.